The first-order valence-corrected chi connectivity index (χ1v) is 7.36. The Kier molecular flexibility index (Phi) is 4.41. The van der Waals surface area contributed by atoms with Gasteiger partial charge in [0.05, 0.1) is 5.38 Å². The maximum atomic E-state index is 13.5. The SMILES string of the molecule is Cc1cc(Br)c(C(Cl)Cc2c(F)cccc2F)s1. The Morgan fingerprint density at radius 2 is 1.94 bits per heavy atom. The molecule has 1 aromatic carbocycles. The van der Waals surface area contributed by atoms with Crippen LogP contribution in [0.1, 0.15) is 20.7 Å². The number of hydrogen-bond donors (Lipinski definition) is 0. The van der Waals surface area contributed by atoms with Crippen LogP contribution in [0.4, 0.5) is 8.78 Å². The Hall–Kier alpha value is -0.450. The molecule has 0 saturated carbocycles. The Morgan fingerprint density at radius 1 is 1.33 bits per heavy atom. The highest BCUT2D eigenvalue weighted by molar-refractivity contribution is 9.10. The third-order valence-electron chi connectivity index (χ3n) is 2.57. The molecule has 0 bridgehead atoms. The molecule has 18 heavy (non-hydrogen) atoms. The van der Waals surface area contributed by atoms with Crippen molar-refractivity contribution in [1.29, 1.82) is 0 Å². The van der Waals surface area contributed by atoms with Gasteiger partial charge in [0.25, 0.3) is 0 Å². The molecule has 1 unspecified atom stereocenters. The lowest BCUT2D eigenvalue weighted by molar-refractivity contribution is 0.553. The lowest BCUT2D eigenvalue weighted by Gasteiger charge is -2.10. The van der Waals surface area contributed by atoms with E-state index in [2.05, 4.69) is 15.9 Å². The van der Waals surface area contributed by atoms with Gasteiger partial charge in [0.1, 0.15) is 11.6 Å². The molecule has 0 aliphatic rings. The lowest BCUT2D eigenvalue weighted by Crippen LogP contribution is -2.00. The summed E-state index contributed by atoms with van der Waals surface area (Å²) in [5, 5.41) is -0.440. The van der Waals surface area contributed by atoms with E-state index in [0.717, 1.165) is 14.2 Å². The second-order valence-corrected chi connectivity index (χ2v) is 6.61. The minimum atomic E-state index is -0.551. The van der Waals surface area contributed by atoms with E-state index in [1.807, 2.05) is 13.0 Å². The summed E-state index contributed by atoms with van der Waals surface area (Å²) in [6.45, 7) is 1.96. The molecule has 0 N–H and O–H groups in total. The maximum Gasteiger partial charge on any atom is 0.129 e. The summed E-state index contributed by atoms with van der Waals surface area (Å²) in [5.41, 5.74) is 0.0375. The fourth-order valence-corrected chi connectivity index (χ4v) is 4.16. The van der Waals surface area contributed by atoms with Crippen molar-refractivity contribution in [3.05, 3.63) is 55.7 Å². The molecule has 0 spiro atoms. The predicted molar refractivity (Wildman–Crippen MR) is 75.4 cm³/mol. The van der Waals surface area contributed by atoms with Crippen LogP contribution < -0.4 is 0 Å². The van der Waals surface area contributed by atoms with Gasteiger partial charge < -0.3 is 0 Å². The molecule has 1 aromatic heterocycles. The van der Waals surface area contributed by atoms with Crippen molar-refractivity contribution in [2.75, 3.05) is 0 Å². The van der Waals surface area contributed by atoms with Gasteiger partial charge in [-0.05, 0) is 47.5 Å². The molecule has 2 aromatic rings. The third kappa shape index (κ3) is 2.92. The number of thiophene rings is 1. The Bertz CT molecular complexity index is 548. The second-order valence-electron chi connectivity index (χ2n) is 3.94. The van der Waals surface area contributed by atoms with Crippen molar-refractivity contribution in [2.45, 2.75) is 18.7 Å². The Morgan fingerprint density at radius 3 is 2.44 bits per heavy atom. The normalized spacial score (nSPS) is 12.7. The van der Waals surface area contributed by atoms with Crippen molar-refractivity contribution in [3.63, 3.8) is 0 Å². The summed E-state index contributed by atoms with van der Waals surface area (Å²) < 4.78 is 27.9. The zero-order valence-corrected chi connectivity index (χ0v) is 12.7. The van der Waals surface area contributed by atoms with Crippen LogP contribution in [0.3, 0.4) is 0 Å². The summed E-state index contributed by atoms with van der Waals surface area (Å²) in [4.78, 5) is 2.01. The zero-order chi connectivity index (χ0) is 13.3. The number of hydrogen-bond acceptors (Lipinski definition) is 1. The summed E-state index contributed by atoms with van der Waals surface area (Å²) in [5.74, 6) is -1.10. The van der Waals surface area contributed by atoms with Gasteiger partial charge in [-0.3, -0.25) is 0 Å². The van der Waals surface area contributed by atoms with E-state index in [4.69, 9.17) is 11.6 Å². The molecule has 1 atom stereocenters. The van der Waals surface area contributed by atoms with Crippen LogP contribution >= 0.6 is 38.9 Å². The summed E-state index contributed by atoms with van der Waals surface area (Å²) in [7, 11) is 0. The van der Waals surface area contributed by atoms with Crippen molar-refractivity contribution in [1.82, 2.24) is 0 Å². The van der Waals surface area contributed by atoms with Crippen molar-refractivity contribution in [2.24, 2.45) is 0 Å². The molecule has 0 nitrogen and oxygen atoms in total. The number of aryl methyl sites for hydroxylation is 1. The van der Waals surface area contributed by atoms with E-state index in [9.17, 15) is 8.78 Å². The van der Waals surface area contributed by atoms with Crippen LogP contribution in [0.15, 0.2) is 28.7 Å². The van der Waals surface area contributed by atoms with Crippen LogP contribution in [0.5, 0.6) is 0 Å². The van der Waals surface area contributed by atoms with Crippen LogP contribution in [0, 0.1) is 18.6 Å². The highest BCUT2D eigenvalue weighted by atomic mass is 79.9. The van der Waals surface area contributed by atoms with Gasteiger partial charge >= 0.3 is 0 Å². The molecule has 0 radical (unpaired) electrons. The van der Waals surface area contributed by atoms with Crippen LogP contribution in [-0.4, -0.2) is 0 Å². The smallest absolute Gasteiger partial charge is 0.129 e. The van der Waals surface area contributed by atoms with E-state index in [-0.39, 0.29) is 12.0 Å². The van der Waals surface area contributed by atoms with Gasteiger partial charge in [-0.25, -0.2) is 8.78 Å². The first-order valence-electron chi connectivity index (χ1n) is 5.32. The average molecular weight is 352 g/mol. The third-order valence-corrected chi connectivity index (χ3v) is 5.15. The van der Waals surface area contributed by atoms with Gasteiger partial charge in [0.15, 0.2) is 0 Å². The molecular formula is C13H10BrClF2S. The fraction of sp³-hybridized carbons (Fsp3) is 0.231. The van der Waals surface area contributed by atoms with Crippen LogP contribution in [0.2, 0.25) is 0 Å². The summed E-state index contributed by atoms with van der Waals surface area (Å²) in [6, 6.07) is 5.79. The molecule has 2 rings (SSSR count). The maximum absolute atomic E-state index is 13.5. The van der Waals surface area contributed by atoms with Gasteiger partial charge in [-0.1, -0.05) is 6.07 Å². The minimum Gasteiger partial charge on any atom is -0.207 e. The number of benzene rings is 1. The summed E-state index contributed by atoms with van der Waals surface area (Å²) >= 11 is 11.2. The lowest BCUT2D eigenvalue weighted by atomic mass is 10.1. The first kappa shape index (κ1) is 14.0. The largest absolute Gasteiger partial charge is 0.207 e. The minimum absolute atomic E-state index is 0.0375. The molecule has 0 aliphatic heterocycles. The van der Waals surface area contributed by atoms with Crippen molar-refractivity contribution >= 4 is 38.9 Å². The molecular weight excluding hydrogens is 342 g/mol. The molecule has 0 amide bonds. The van der Waals surface area contributed by atoms with E-state index in [1.165, 1.54) is 29.5 Å². The standard InChI is InChI=1S/C13H10BrClF2S/c1-7-5-9(14)13(18-7)10(15)6-8-11(16)3-2-4-12(8)17/h2-5,10H,6H2,1H3. The second kappa shape index (κ2) is 5.68. The van der Waals surface area contributed by atoms with Crippen molar-refractivity contribution < 1.29 is 8.78 Å². The monoisotopic (exact) mass is 350 g/mol. The van der Waals surface area contributed by atoms with Gasteiger partial charge in [-0.2, -0.15) is 0 Å². The first-order chi connectivity index (χ1) is 8.49. The highest BCUT2D eigenvalue weighted by Crippen LogP contribution is 2.37. The predicted octanol–water partition coefficient (Wildman–Crippen LogP) is 5.62. The van der Waals surface area contributed by atoms with E-state index < -0.39 is 17.0 Å². The topological polar surface area (TPSA) is 0 Å². The van der Waals surface area contributed by atoms with Crippen LogP contribution in [-0.2, 0) is 6.42 Å². The number of alkyl halides is 1. The fourth-order valence-electron chi connectivity index (χ4n) is 1.71. The molecule has 0 aliphatic carbocycles. The number of rotatable bonds is 3. The zero-order valence-electron chi connectivity index (χ0n) is 9.51. The molecule has 0 saturated heterocycles. The Balaban J connectivity index is 2.26. The summed E-state index contributed by atoms with van der Waals surface area (Å²) in [6.07, 6.45) is 0.138. The average Bonchev–Trinajstić information content (AvgIpc) is 2.63. The highest BCUT2D eigenvalue weighted by Gasteiger charge is 2.19. The van der Waals surface area contributed by atoms with E-state index in [0.29, 0.717) is 0 Å². The molecule has 0 fully saturated rings. The van der Waals surface area contributed by atoms with Gasteiger partial charge in [0, 0.05) is 19.8 Å². The van der Waals surface area contributed by atoms with Crippen LogP contribution in [0.25, 0.3) is 0 Å². The van der Waals surface area contributed by atoms with Gasteiger partial charge in [0.2, 0.25) is 0 Å². The van der Waals surface area contributed by atoms with Crippen molar-refractivity contribution in [3.8, 4) is 0 Å². The van der Waals surface area contributed by atoms with E-state index in [1.54, 1.807) is 0 Å². The molecule has 5 heteroatoms. The quantitative estimate of drug-likeness (QED) is 0.630. The van der Waals surface area contributed by atoms with E-state index >= 15 is 0 Å². The number of halogens is 4. The molecule has 1 heterocycles. The Labute approximate surface area is 122 Å². The van der Waals surface area contributed by atoms with Gasteiger partial charge in [-0.15, -0.1) is 22.9 Å². The molecule has 96 valence electrons.